The Bertz CT molecular complexity index is 166. The van der Waals surface area contributed by atoms with Crippen LogP contribution >= 0.6 is 0 Å². The normalized spacial score (nSPS) is 38.9. The fraction of sp³-hybridized carbons (Fsp3) is 0.857. The molecule has 0 aromatic heterocycles. The van der Waals surface area contributed by atoms with E-state index < -0.39 is 11.7 Å². The molecule has 56 valence electrons. The molecule has 10 heavy (non-hydrogen) atoms. The second-order valence-corrected chi connectivity index (χ2v) is 2.97. The predicted molar refractivity (Wildman–Crippen MR) is 34.7 cm³/mol. The molecule has 1 rings (SSSR count). The first kappa shape index (κ1) is 7.52. The summed E-state index contributed by atoms with van der Waals surface area (Å²) in [5.74, 6) is 0.123. The molecule has 0 saturated heterocycles. The van der Waals surface area contributed by atoms with E-state index in [1.165, 1.54) is 0 Å². The van der Waals surface area contributed by atoms with Crippen LogP contribution in [0.4, 0.5) is 0 Å². The minimum atomic E-state index is -1.47. The maximum absolute atomic E-state index is 8.83. The molecule has 3 heteroatoms. The molecule has 2 N–H and O–H groups in total. The zero-order chi connectivity index (χ0) is 7.78. The fourth-order valence-corrected chi connectivity index (χ4v) is 1.35. The van der Waals surface area contributed by atoms with Crippen LogP contribution < -0.4 is 0 Å². The van der Waals surface area contributed by atoms with Gasteiger partial charge in [-0.3, -0.25) is 0 Å². The fourth-order valence-electron chi connectivity index (χ4n) is 1.35. The topological polar surface area (TPSA) is 64.2 Å². The summed E-state index contributed by atoms with van der Waals surface area (Å²) >= 11 is 0. The number of rotatable bonds is 1. The molecule has 1 aliphatic carbocycles. The van der Waals surface area contributed by atoms with E-state index in [2.05, 4.69) is 0 Å². The van der Waals surface area contributed by atoms with Crippen molar-refractivity contribution in [3.8, 4) is 6.07 Å². The van der Waals surface area contributed by atoms with Gasteiger partial charge in [0.2, 0.25) is 0 Å². The molecule has 1 fully saturated rings. The van der Waals surface area contributed by atoms with Crippen molar-refractivity contribution in [3.63, 3.8) is 0 Å². The zero-order valence-corrected chi connectivity index (χ0v) is 5.91. The lowest BCUT2D eigenvalue weighted by atomic mass is 9.61. The molecule has 3 nitrogen and oxygen atoms in total. The van der Waals surface area contributed by atoms with Gasteiger partial charge in [-0.1, -0.05) is 6.92 Å². The van der Waals surface area contributed by atoms with Gasteiger partial charge in [-0.05, 0) is 18.8 Å². The van der Waals surface area contributed by atoms with Crippen LogP contribution in [0.1, 0.15) is 19.8 Å². The first-order valence-corrected chi connectivity index (χ1v) is 3.41. The molecule has 0 bridgehead atoms. The maximum Gasteiger partial charge on any atom is 0.170 e. The zero-order valence-electron chi connectivity index (χ0n) is 5.91. The molecular weight excluding hydrogens is 130 g/mol. The standard InChI is InChI=1S/C7H11NO2/c1-5-2-3-7(5,4-8)6(9)10/h5-6,9-10H,2-3H2,1H3. The molecule has 2 atom stereocenters. The number of nitrogens with zero attached hydrogens (tertiary/aromatic N) is 1. The minimum Gasteiger partial charge on any atom is -0.367 e. The molecule has 0 spiro atoms. The van der Waals surface area contributed by atoms with Crippen LogP contribution in [0.5, 0.6) is 0 Å². The molecule has 0 heterocycles. The molecule has 0 aliphatic heterocycles. The molecule has 0 aromatic carbocycles. The van der Waals surface area contributed by atoms with E-state index in [-0.39, 0.29) is 5.92 Å². The Kier molecular flexibility index (Phi) is 1.67. The van der Waals surface area contributed by atoms with Crippen molar-refractivity contribution in [1.82, 2.24) is 0 Å². The summed E-state index contributed by atoms with van der Waals surface area (Å²) in [5.41, 5.74) is -0.861. The van der Waals surface area contributed by atoms with Gasteiger partial charge in [0.15, 0.2) is 6.29 Å². The summed E-state index contributed by atoms with van der Waals surface area (Å²) in [6, 6.07) is 1.96. The number of hydrogen-bond acceptors (Lipinski definition) is 3. The van der Waals surface area contributed by atoms with Crippen LogP contribution in [0.25, 0.3) is 0 Å². The monoisotopic (exact) mass is 141 g/mol. The summed E-state index contributed by atoms with van der Waals surface area (Å²) in [5, 5.41) is 26.3. The summed E-state index contributed by atoms with van der Waals surface area (Å²) < 4.78 is 0. The number of aliphatic hydroxyl groups excluding tert-OH is 1. The average Bonchev–Trinajstić information content (AvgIpc) is 1.86. The van der Waals surface area contributed by atoms with Crippen molar-refractivity contribution in [2.45, 2.75) is 26.1 Å². The summed E-state index contributed by atoms with van der Waals surface area (Å²) in [4.78, 5) is 0. The number of hydrogen-bond donors (Lipinski definition) is 2. The second-order valence-electron chi connectivity index (χ2n) is 2.97. The first-order valence-electron chi connectivity index (χ1n) is 3.41. The largest absolute Gasteiger partial charge is 0.367 e. The van der Waals surface area contributed by atoms with Crippen molar-refractivity contribution < 1.29 is 10.2 Å². The third kappa shape index (κ3) is 0.731. The number of nitriles is 1. The highest BCUT2D eigenvalue weighted by molar-refractivity contribution is 5.09. The van der Waals surface area contributed by atoms with Gasteiger partial charge in [-0.25, -0.2) is 0 Å². The molecule has 1 saturated carbocycles. The Morgan fingerprint density at radius 1 is 1.70 bits per heavy atom. The average molecular weight is 141 g/mol. The van der Waals surface area contributed by atoms with Gasteiger partial charge in [0, 0.05) is 0 Å². The molecule has 0 radical (unpaired) electrons. The van der Waals surface area contributed by atoms with Crippen molar-refractivity contribution >= 4 is 0 Å². The van der Waals surface area contributed by atoms with Gasteiger partial charge in [0.25, 0.3) is 0 Å². The van der Waals surface area contributed by atoms with Crippen LogP contribution in [0.3, 0.4) is 0 Å². The van der Waals surface area contributed by atoms with E-state index in [0.29, 0.717) is 6.42 Å². The van der Waals surface area contributed by atoms with E-state index in [4.69, 9.17) is 15.5 Å². The van der Waals surface area contributed by atoms with Crippen LogP contribution in [0, 0.1) is 22.7 Å². The Morgan fingerprint density at radius 2 is 2.30 bits per heavy atom. The van der Waals surface area contributed by atoms with Gasteiger partial charge >= 0.3 is 0 Å². The van der Waals surface area contributed by atoms with Crippen molar-refractivity contribution in [3.05, 3.63) is 0 Å². The lowest BCUT2D eigenvalue weighted by Gasteiger charge is -2.43. The molecule has 0 amide bonds. The Morgan fingerprint density at radius 3 is 2.30 bits per heavy atom. The van der Waals surface area contributed by atoms with E-state index in [1.807, 2.05) is 13.0 Å². The third-order valence-electron chi connectivity index (χ3n) is 2.54. The SMILES string of the molecule is CC1CCC1(C#N)C(O)O. The van der Waals surface area contributed by atoms with E-state index >= 15 is 0 Å². The Balaban J connectivity index is 2.72. The van der Waals surface area contributed by atoms with E-state index in [1.54, 1.807) is 0 Å². The molecule has 2 unspecified atom stereocenters. The van der Waals surface area contributed by atoms with Gasteiger partial charge < -0.3 is 10.2 Å². The van der Waals surface area contributed by atoms with Crippen molar-refractivity contribution in [2.75, 3.05) is 0 Å². The maximum atomic E-state index is 8.83. The van der Waals surface area contributed by atoms with Crippen molar-refractivity contribution in [2.24, 2.45) is 11.3 Å². The highest BCUT2D eigenvalue weighted by Gasteiger charge is 2.49. The van der Waals surface area contributed by atoms with E-state index in [9.17, 15) is 0 Å². The van der Waals surface area contributed by atoms with Crippen LogP contribution in [-0.4, -0.2) is 16.5 Å². The smallest absolute Gasteiger partial charge is 0.170 e. The van der Waals surface area contributed by atoms with Crippen LogP contribution in [-0.2, 0) is 0 Å². The highest BCUT2D eigenvalue weighted by atomic mass is 16.5. The number of aliphatic hydroxyl groups is 2. The summed E-state index contributed by atoms with van der Waals surface area (Å²) in [6.45, 7) is 1.87. The predicted octanol–water partition coefficient (Wildman–Crippen LogP) is 0.237. The summed E-state index contributed by atoms with van der Waals surface area (Å²) in [7, 11) is 0. The highest BCUT2D eigenvalue weighted by Crippen LogP contribution is 2.47. The molecule has 1 aliphatic rings. The van der Waals surface area contributed by atoms with Gasteiger partial charge in [-0.2, -0.15) is 5.26 Å². The van der Waals surface area contributed by atoms with E-state index in [0.717, 1.165) is 6.42 Å². The Hall–Kier alpha value is -0.590. The lowest BCUT2D eigenvalue weighted by molar-refractivity contribution is -0.163. The van der Waals surface area contributed by atoms with Gasteiger partial charge in [-0.15, -0.1) is 0 Å². The third-order valence-corrected chi connectivity index (χ3v) is 2.54. The van der Waals surface area contributed by atoms with Crippen LogP contribution in [0.15, 0.2) is 0 Å². The molecule has 0 aromatic rings. The summed E-state index contributed by atoms with van der Waals surface area (Å²) in [6.07, 6.45) is 0.0642. The van der Waals surface area contributed by atoms with Crippen molar-refractivity contribution in [1.29, 1.82) is 5.26 Å². The Labute approximate surface area is 59.9 Å². The molecular formula is C7H11NO2. The van der Waals surface area contributed by atoms with Gasteiger partial charge in [0.05, 0.1) is 6.07 Å². The first-order chi connectivity index (χ1) is 4.63. The second kappa shape index (κ2) is 2.22. The quantitative estimate of drug-likeness (QED) is 0.514. The van der Waals surface area contributed by atoms with Gasteiger partial charge in [0.1, 0.15) is 5.41 Å². The minimum absolute atomic E-state index is 0.123. The lowest BCUT2D eigenvalue weighted by Crippen LogP contribution is -2.46. The van der Waals surface area contributed by atoms with Crippen LogP contribution in [0.2, 0.25) is 0 Å².